The lowest BCUT2D eigenvalue weighted by Gasteiger charge is -2.43. The van der Waals surface area contributed by atoms with Gasteiger partial charge in [-0.2, -0.15) is 5.10 Å². The molecule has 1 aliphatic carbocycles. The third-order valence-electron chi connectivity index (χ3n) is 7.39. The van der Waals surface area contributed by atoms with Crippen molar-refractivity contribution >= 4 is 23.6 Å². The van der Waals surface area contributed by atoms with Crippen LogP contribution in [0.5, 0.6) is 11.5 Å². The number of amides is 3. The lowest BCUT2D eigenvalue weighted by Crippen LogP contribution is -2.55. The lowest BCUT2D eigenvalue weighted by atomic mass is 9.73. The molecule has 1 aromatic rings. The smallest absolute Gasteiger partial charge is 0.405 e. The van der Waals surface area contributed by atoms with E-state index in [-0.39, 0.29) is 29.7 Å². The van der Waals surface area contributed by atoms with Gasteiger partial charge in [0.25, 0.3) is 0 Å². The Morgan fingerprint density at radius 1 is 1.06 bits per heavy atom. The maximum absolute atomic E-state index is 13.5. The Bertz CT molecular complexity index is 1000. The molecular formula is C25H34N4O6. The van der Waals surface area contributed by atoms with Crippen molar-refractivity contribution < 1.29 is 29.0 Å². The molecule has 1 saturated carbocycles. The van der Waals surface area contributed by atoms with E-state index in [2.05, 4.69) is 5.32 Å². The topological polar surface area (TPSA) is 121 Å². The van der Waals surface area contributed by atoms with Crippen LogP contribution in [0.2, 0.25) is 0 Å². The summed E-state index contributed by atoms with van der Waals surface area (Å²) in [7, 11) is 3.20. The number of piperidine rings is 1. The number of hydrogen-bond acceptors (Lipinski definition) is 6. The van der Waals surface area contributed by atoms with Gasteiger partial charge in [-0.15, -0.1) is 0 Å². The Balaban J connectivity index is 1.56. The quantitative estimate of drug-likeness (QED) is 0.638. The van der Waals surface area contributed by atoms with Gasteiger partial charge in [0.15, 0.2) is 11.5 Å². The van der Waals surface area contributed by atoms with E-state index in [1.165, 1.54) is 0 Å². The second-order valence-corrected chi connectivity index (χ2v) is 9.46. The molecule has 1 saturated heterocycles. The second kappa shape index (κ2) is 10.5. The highest BCUT2D eigenvalue weighted by Gasteiger charge is 2.44. The lowest BCUT2D eigenvalue weighted by molar-refractivity contribution is -0.143. The third-order valence-corrected chi connectivity index (χ3v) is 7.39. The van der Waals surface area contributed by atoms with E-state index in [1.54, 1.807) is 31.1 Å². The van der Waals surface area contributed by atoms with Crippen molar-refractivity contribution in [1.82, 2.24) is 15.2 Å². The number of likely N-dealkylation sites (tertiary alicyclic amines) is 1. The molecule has 2 fully saturated rings. The van der Waals surface area contributed by atoms with Gasteiger partial charge >= 0.3 is 6.09 Å². The van der Waals surface area contributed by atoms with E-state index in [1.807, 2.05) is 18.2 Å². The van der Waals surface area contributed by atoms with Crippen molar-refractivity contribution in [3.05, 3.63) is 23.8 Å². The Morgan fingerprint density at radius 3 is 2.34 bits per heavy atom. The molecule has 2 heterocycles. The first-order valence-electron chi connectivity index (χ1n) is 12.3. The van der Waals surface area contributed by atoms with Crippen LogP contribution in [0.15, 0.2) is 23.3 Å². The molecule has 2 aliphatic heterocycles. The van der Waals surface area contributed by atoms with Gasteiger partial charge < -0.3 is 24.8 Å². The van der Waals surface area contributed by atoms with Crippen molar-refractivity contribution in [1.29, 1.82) is 0 Å². The number of carbonyl (C=O) groups is 3. The molecule has 3 aliphatic rings. The van der Waals surface area contributed by atoms with E-state index in [4.69, 9.17) is 19.7 Å². The molecule has 0 spiro atoms. The zero-order valence-corrected chi connectivity index (χ0v) is 20.5. The molecule has 3 amide bonds. The minimum atomic E-state index is -1.22. The van der Waals surface area contributed by atoms with Gasteiger partial charge in [0.2, 0.25) is 11.8 Å². The molecule has 0 unspecified atom stereocenters. The van der Waals surface area contributed by atoms with Crippen LogP contribution in [0.1, 0.15) is 51.0 Å². The van der Waals surface area contributed by atoms with Crippen molar-refractivity contribution in [2.45, 2.75) is 57.5 Å². The normalized spacial score (nSPS) is 23.7. The van der Waals surface area contributed by atoms with Gasteiger partial charge in [-0.3, -0.25) is 9.59 Å². The van der Waals surface area contributed by atoms with Gasteiger partial charge in [-0.1, -0.05) is 12.8 Å². The van der Waals surface area contributed by atoms with Crippen LogP contribution in [0.3, 0.4) is 0 Å². The summed E-state index contributed by atoms with van der Waals surface area (Å²) in [4.78, 5) is 38.6. The van der Waals surface area contributed by atoms with Crippen LogP contribution in [-0.2, 0) is 9.59 Å². The number of nitrogens with one attached hydrogen (secondary N) is 1. The van der Waals surface area contributed by atoms with Gasteiger partial charge in [-0.05, 0) is 50.8 Å². The predicted molar refractivity (Wildman–Crippen MR) is 129 cm³/mol. The Kier molecular flexibility index (Phi) is 7.47. The second-order valence-electron chi connectivity index (χ2n) is 9.46. The summed E-state index contributed by atoms with van der Waals surface area (Å²) in [6.45, 7) is 2.45. The Hall–Kier alpha value is -3.30. The van der Waals surface area contributed by atoms with Gasteiger partial charge in [0.1, 0.15) is 6.04 Å². The third kappa shape index (κ3) is 5.06. The number of carboxylic acid groups (broad SMARTS) is 1. The molecule has 0 radical (unpaired) electrons. The molecule has 0 aromatic heterocycles. The zero-order chi connectivity index (χ0) is 25.1. The fourth-order valence-corrected chi connectivity index (χ4v) is 5.54. The molecule has 0 bridgehead atoms. The number of hydrogen-bond donors (Lipinski definition) is 2. The monoisotopic (exact) mass is 486 g/mol. The van der Waals surface area contributed by atoms with Crippen LogP contribution < -0.4 is 14.8 Å². The highest BCUT2D eigenvalue weighted by molar-refractivity contribution is 6.07. The number of methoxy groups -OCH3 is 2. The minimum Gasteiger partial charge on any atom is -0.493 e. The first-order valence-corrected chi connectivity index (χ1v) is 12.3. The van der Waals surface area contributed by atoms with E-state index >= 15 is 0 Å². The number of nitrogens with zero attached hydrogens (tertiary/aromatic N) is 3. The maximum Gasteiger partial charge on any atom is 0.405 e. The summed E-state index contributed by atoms with van der Waals surface area (Å²) >= 11 is 0. The molecule has 2 N–H and O–H groups in total. The summed E-state index contributed by atoms with van der Waals surface area (Å²) in [5.41, 5.74) is 1.84. The van der Waals surface area contributed by atoms with E-state index in [9.17, 15) is 14.4 Å². The molecule has 1 aromatic carbocycles. The molecule has 190 valence electrons. The highest BCUT2D eigenvalue weighted by Crippen LogP contribution is 2.40. The van der Waals surface area contributed by atoms with Crippen LogP contribution in [0.4, 0.5) is 4.79 Å². The van der Waals surface area contributed by atoms with E-state index in [0.717, 1.165) is 37.0 Å². The van der Waals surface area contributed by atoms with Crippen LogP contribution in [-0.4, -0.2) is 78.0 Å². The van der Waals surface area contributed by atoms with Crippen LogP contribution in [0, 0.1) is 11.8 Å². The average molecular weight is 487 g/mol. The fraction of sp³-hybridized carbons (Fsp3) is 0.600. The molecular weight excluding hydrogens is 452 g/mol. The number of hydrazone groups is 1. The van der Waals surface area contributed by atoms with Crippen molar-refractivity contribution in [3.63, 3.8) is 0 Å². The first-order chi connectivity index (χ1) is 16.8. The maximum atomic E-state index is 13.5. The standard InChI is InChI=1S/C25H34N4O6/c1-15(26-25(32)33)23(30)28-12-10-17(11-13-28)29-24(31)19-7-5-4-6-18(19)22(27-29)16-8-9-20(34-2)21(14-16)35-3/h8-9,14-15,17-19,26H,4-7,10-13H2,1-3H3,(H,32,33)/t15-,18-,19+/m0/s1. The minimum absolute atomic E-state index is 0.0737. The van der Waals surface area contributed by atoms with Crippen molar-refractivity contribution in [2.75, 3.05) is 27.3 Å². The van der Waals surface area contributed by atoms with Gasteiger partial charge in [0.05, 0.1) is 26.0 Å². The predicted octanol–water partition coefficient (Wildman–Crippen LogP) is 2.70. The largest absolute Gasteiger partial charge is 0.493 e. The summed E-state index contributed by atoms with van der Waals surface area (Å²) in [6.07, 6.45) is 3.85. The fourth-order valence-electron chi connectivity index (χ4n) is 5.54. The number of benzene rings is 1. The van der Waals surface area contributed by atoms with Crippen LogP contribution >= 0.6 is 0 Å². The Morgan fingerprint density at radius 2 is 1.71 bits per heavy atom. The molecule has 3 atom stereocenters. The highest BCUT2D eigenvalue weighted by atomic mass is 16.5. The van der Waals surface area contributed by atoms with Gasteiger partial charge in [-0.25, -0.2) is 9.80 Å². The zero-order valence-electron chi connectivity index (χ0n) is 20.5. The van der Waals surface area contributed by atoms with E-state index in [0.29, 0.717) is 37.4 Å². The number of fused-ring (bicyclic) bond motifs is 1. The number of ether oxygens (including phenoxy) is 2. The SMILES string of the molecule is COc1ccc(C2=NN(C3CCN(C(=O)[C@H](C)NC(=O)O)CC3)C(=O)[C@@H]3CCCC[C@H]23)cc1OC. The van der Waals surface area contributed by atoms with E-state index < -0.39 is 12.1 Å². The molecule has 35 heavy (non-hydrogen) atoms. The first kappa shape index (κ1) is 24.8. The molecule has 10 nitrogen and oxygen atoms in total. The number of carbonyl (C=O) groups excluding carboxylic acids is 2. The van der Waals surface area contributed by atoms with Crippen LogP contribution in [0.25, 0.3) is 0 Å². The van der Waals surface area contributed by atoms with Crippen molar-refractivity contribution in [3.8, 4) is 11.5 Å². The average Bonchev–Trinajstić information content (AvgIpc) is 2.88. The molecule has 10 heteroatoms. The van der Waals surface area contributed by atoms with Crippen molar-refractivity contribution in [2.24, 2.45) is 16.9 Å². The van der Waals surface area contributed by atoms with Gasteiger partial charge in [0, 0.05) is 30.5 Å². The summed E-state index contributed by atoms with van der Waals surface area (Å²) < 4.78 is 10.9. The molecule has 4 rings (SSSR count). The summed E-state index contributed by atoms with van der Waals surface area (Å²) in [6, 6.07) is 4.85. The number of rotatable bonds is 6. The Labute approximate surface area is 205 Å². The summed E-state index contributed by atoms with van der Waals surface area (Å²) in [5, 5.41) is 17.7. The summed E-state index contributed by atoms with van der Waals surface area (Å²) in [5.74, 6) is 1.07.